The molecule has 0 amide bonds. The summed E-state index contributed by atoms with van der Waals surface area (Å²) in [5.41, 5.74) is -1.32. The minimum Gasteiger partial charge on any atom is -0.466 e. The van der Waals surface area contributed by atoms with Gasteiger partial charge in [0.1, 0.15) is 24.4 Å². The van der Waals surface area contributed by atoms with Gasteiger partial charge in [-0.3, -0.25) is 0 Å². The summed E-state index contributed by atoms with van der Waals surface area (Å²) in [5.74, 6) is -6.39. The highest BCUT2D eigenvalue weighted by Gasteiger charge is 2.26. The summed E-state index contributed by atoms with van der Waals surface area (Å²) in [5, 5.41) is 0. The third-order valence-electron chi connectivity index (χ3n) is 3.00. The Kier molecular flexibility index (Phi) is 11.5. The Balaban J connectivity index is 5.10. The molecular formula is C18H20O12. The Morgan fingerprint density at radius 2 is 1.13 bits per heavy atom. The van der Waals surface area contributed by atoms with Crippen molar-refractivity contribution >= 4 is 35.8 Å². The van der Waals surface area contributed by atoms with Gasteiger partial charge in [0.2, 0.25) is 0 Å². The molecule has 30 heavy (non-hydrogen) atoms. The first-order chi connectivity index (χ1) is 14.1. The Morgan fingerprint density at radius 3 is 1.63 bits per heavy atom. The molecule has 0 spiro atoms. The lowest BCUT2D eigenvalue weighted by molar-refractivity contribution is -0.163. The second-order valence-electron chi connectivity index (χ2n) is 5.05. The average Bonchev–Trinajstić information content (AvgIpc) is 2.76. The molecule has 0 N–H and O–H groups in total. The fourth-order valence-corrected chi connectivity index (χ4v) is 1.43. The van der Waals surface area contributed by atoms with Crippen molar-refractivity contribution in [3.05, 3.63) is 36.5 Å². The van der Waals surface area contributed by atoms with Gasteiger partial charge in [-0.05, 0) is 0 Å². The van der Waals surface area contributed by atoms with Crippen molar-refractivity contribution in [1.82, 2.24) is 0 Å². The van der Waals surface area contributed by atoms with Crippen molar-refractivity contribution < 1.29 is 57.2 Å². The van der Waals surface area contributed by atoms with Gasteiger partial charge in [-0.15, -0.1) is 0 Å². The van der Waals surface area contributed by atoms with E-state index < -0.39 is 66.3 Å². The van der Waals surface area contributed by atoms with E-state index in [1.54, 1.807) is 0 Å². The molecule has 0 aromatic rings. The van der Waals surface area contributed by atoms with Gasteiger partial charge in [-0.1, -0.05) is 13.2 Å². The van der Waals surface area contributed by atoms with E-state index in [1.807, 2.05) is 0 Å². The molecule has 0 aliphatic rings. The van der Waals surface area contributed by atoms with Crippen LogP contribution in [0.2, 0.25) is 0 Å². The third-order valence-corrected chi connectivity index (χ3v) is 3.00. The van der Waals surface area contributed by atoms with Gasteiger partial charge in [0, 0.05) is 12.2 Å². The first-order valence-electron chi connectivity index (χ1n) is 7.92. The van der Waals surface area contributed by atoms with Crippen molar-refractivity contribution in [2.75, 3.05) is 34.5 Å². The molecular weight excluding hydrogens is 408 g/mol. The molecule has 0 aliphatic carbocycles. The van der Waals surface area contributed by atoms with Crippen molar-refractivity contribution in [3.8, 4) is 0 Å². The van der Waals surface area contributed by atoms with Crippen LogP contribution < -0.4 is 0 Å². The molecule has 12 heteroatoms. The Bertz CT molecular complexity index is 761. The first-order valence-corrected chi connectivity index (χ1v) is 7.92. The summed E-state index contributed by atoms with van der Waals surface area (Å²) >= 11 is 0. The number of hydrogen-bond donors (Lipinski definition) is 0. The maximum Gasteiger partial charge on any atom is 0.345 e. The van der Waals surface area contributed by atoms with E-state index >= 15 is 0 Å². The molecule has 164 valence electrons. The molecule has 0 saturated heterocycles. The zero-order chi connectivity index (χ0) is 23.3. The van der Waals surface area contributed by atoms with Crippen LogP contribution in [0.1, 0.15) is 0 Å². The van der Waals surface area contributed by atoms with Gasteiger partial charge in [0.15, 0.2) is 6.10 Å². The van der Waals surface area contributed by atoms with Gasteiger partial charge in [-0.25, -0.2) is 28.8 Å². The third kappa shape index (κ3) is 9.30. The van der Waals surface area contributed by atoms with Crippen LogP contribution >= 0.6 is 0 Å². The normalized spacial score (nSPS) is 10.9. The van der Waals surface area contributed by atoms with E-state index in [2.05, 4.69) is 27.4 Å². The summed E-state index contributed by atoms with van der Waals surface area (Å²) in [6.07, 6.45) is 0.107. The first kappa shape index (κ1) is 26.0. The smallest absolute Gasteiger partial charge is 0.345 e. The molecule has 1 unspecified atom stereocenters. The number of methoxy groups -OCH3 is 3. The number of hydrogen-bond acceptors (Lipinski definition) is 12. The van der Waals surface area contributed by atoms with E-state index in [4.69, 9.17) is 14.2 Å². The Morgan fingerprint density at radius 1 is 0.667 bits per heavy atom. The number of ether oxygens (including phenoxy) is 6. The molecule has 0 saturated carbocycles. The number of rotatable bonds is 11. The van der Waals surface area contributed by atoms with E-state index in [0.29, 0.717) is 0 Å². The zero-order valence-corrected chi connectivity index (χ0v) is 16.5. The van der Waals surface area contributed by atoms with Crippen molar-refractivity contribution in [2.24, 2.45) is 0 Å². The minimum absolute atomic E-state index is 0.639. The molecule has 0 radical (unpaired) electrons. The number of carbonyl (C=O) groups excluding carboxylic acids is 6. The van der Waals surface area contributed by atoms with Crippen LogP contribution in [0.5, 0.6) is 0 Å². The second kappa shape index (κ2) is 13.3. The van der Waals surface area contributed by atoms with E-state index in [-0.39, 0.29) is 0 Å². The Labute approximate surface area is 171 Å². The molecule has 0 aromatic heterocycles. The minimum atomic E-state index is -1.41. The summed E-state index contributed by atoms with van der Waals surface area (Å²) < 4.78 is 27.3. The zero-order valence-electron chi connectivity index (χ0n) is 16.5. The lowest BCUT2D eigenvalue weighted by atomic mass is 10.3. The van der Waals surface area contributed by atoms with Crippen LogP contribution in [0.25, 0.3) is 0 Å². The molecule has 0 aromatic carbocycles. The lowest BCUT2D eigenvalue weighted by Crippen LogP contribution is -2.32. The van der Waals surface area contributed by atoms with Crippen LogP contribution in [0, 0.1) is 0 Å². The van der Waals surface area contributed by atoms with Crippen molar-refractivity contribution in [2.45, 2.75) is 6.10 Å². The van der Waals surface area contributed by atoms with Crippen LogP contribution in [0.15, 0.2) is 36.5 Å². The molecule has 0 bridgehead atoms. The van der Waals surface area contributed by atoms with Gasteiger partial charge in [0.05, 0.1) is 21.3 Å². The average molecular weight is 428 g/mol. The van der Waals surface area contributed by atoms with Crippen LogP contribution in [0.4, 0.5) is 0 Å². The van der Waals surface area contributed by atoms with Crippen LogP contribution in [-0.2, 0) is 57.2 Å². The fraction of sp³-hybridized carbons (Fsp3) is 0.333. The van der Waals surface area contributed by atoms with Crippen molar-refractivity contribution in [3.63, 3.8) is 0 Å². The topological polar surface area (TPSA) is 158 Å². The van der Waals surface area contributed by atoms with Gasteiger partial charge >= 0.3 is 35.8 Å². The standard InChI is InChI=1S/C18H20O12/c1-10(15(21)26-4)17(23)29-9-12(30-18(24)11(2)16(22)27-5)8-28-14(20)7-6-13(19)25-3/h6-7,12H,1-2,8-9H2,3-5H3. The molecule has 0 aliphatic heterocycles. The predicted octanol–water partition coefficient (Wildman–Crippen LogP) is -0.828. The summed E-state index contributed by atoms with van der Waals surface area (Å²) in [6.45, 7) is 5.02. The largest absolute Gasteiger partial charge is 0.466 e. The maximum atomic E-state index is 11.9. The van der Waals surface area contributed by atoms with Crippen molar-refractivity contribution in [1.29, 1.82) is 0 Å². The van der Waals surface area contributed by atoms with E-state index in [0.717, 1.165) is 33.5 Å². The summed E-state index contributed by atoms with van der Waals surface area (Å²) in [4.78, 5) is 68.8. The number of carbonyl (C=O) groups is 6. The molecule has 1 atom stereocenters. The van der Waals surface area contributed by atoms with Gasteiger partial charge < -0.3 is 28.4 Å². The highest BCUT2D eigenvalue weighted by atomic mass is 16.6. The van der Waals surface area contributed by atoms with E-state index in [1.165, 1.54) is 0 Å². The van der Waals surface area contributed by atoms with Crippen LogP contribution in [0.3, 0.4) is 0 Å². The van der Waals surface area contributed by atoms with Gasteiger partial charge in [0.25, 0.3) is 0 Å². The summed E-state index contributed by atoms with van der Waals surface area (Å²) in [7, 11) is 3.12. The molecule has 0 rings (SSSR count). The molecule has 0 heterocycles. The summed E-state index contributed by atoms with van der Waals surface area (Å²) in [6, 6.07) is 0. The second-order valence-corrected chi connectivity index (χ2v) is 5.05. The van der Waals surface area contributed by atoms with E-state index in [9.17, 15) is 28.8 Å². The van der Waals surface area contributed by atoms with Gasteiger partial charge in [-0.2, -0.15) is 0 Å². The maximum absolute atomic E-state index is 11.9. The van der Waals surface area contributed by atoms with Crippen LogP contribution in [-0.4, -0.2) is 76.5 Å². The highest BCUT2D eigenvalue weighted by Crippen LogP contribution is 2.06. The molecule has 0 fully saturated rings. The quantitative estimate of drug-likeness (QED) is 0.132. The lowest BCUT2D eigenvalue weighted by Gasteiger charge is -2.18. The SMILES string of the molecule is C=C(C(=O)OC)C(=O)OCC(COC(=O)C=CC(=O)OC)OC(=O)C(=C)C(=O)OC. The monoisotopic (exact) mass is 428 g/mol. The fourth-order valence-electron chi connectivity index (χ4n) is 1.43. The molecule has 12 nitrogen and oxygen atoms in total. The number of esters is 6. The predicted molar refractivity (Wildman–Crippen MR) is 95.3 cm³/mol. The Hall–Kier alpha value is -3.96. The highest BCUT2D eigenvalue weighted by molar-refractivity contribution is 6.14.